The number of nitrogens with two attached hydrogens (primary N) is 1. The zero-order valence-corrected chi connectivity index (χ0v) is 12.4. The predicted molar refractivity (Wildman–Crippen MR) is 72.7 cm³/mol. The van der Waals surface area contributed by atoms with Crippen LogP contribution in [0.3, 0.4) is 0 Å². The highest BCUT2D eigenvalue weighted by Crippen LogP contribution is 2.18. The van der Waals surface area contributed by atoms with Crippen LogP contribution in [0.25, 0.3) is 0 Å². The van der Waals surface area contributed by atoms with Gasteiger partial charge in [0.05, 0.1) is 18.6 Å². The van der Waals surface area contributed by atoms with Crippen LogP contribution in [0, 0.1) is 5.92 Å². The molecule has 0 spiro atoms. The van der Waals surface area contributed by atoms with Gasteiger partial charge in [0.15, 0.2) is 0 Å². The minimum absolute atomic E-state index is 0.321. The van der Waals surface area contributed by atoms with Crippen molar-refractivity contribution in [2.45, 2.75) is 58.7 Å². The van der Waals surface area contributed by atoms with Crippen molar-refractivity contribution in [3.63, 3.8) is 0 Å². The predicted octanol–water partition coefficient (Wildman–Crippen LogP) is -0.0410. The molecule has 0 aromatic heterocycles. The van der Waals surface area contributed by atoms with Gasteiger partial charge in [-0.15, -0.1) is 0 Å². The summed E-state index contributed by atoms with van der Waals surface area (Å²) in [6, 6.07) is -2.26. The summed E-state index contributed by atoms with van der Waals surface area (Å²) in [6.45, 7) is 6.20. The van der Waals surface area contributed by atoms with Crippen LogP contribution in [0.4, 0.5) is 0 Å². The normalized spacial score (nSPS) is 16.9. The molecule has 0 aliphatic rings. The minimum atomic E-state index is -1.27. The maximum atomic E-state index is 12.1. The fourth-order valence-electron chi connectivity index (χ4n) is 1.82. The lowest BCUT2D eigenvalue weighted by atomic mass is 9.96. The van der Waals surface area contributed by atoms with Crippen molar-refractivity contribution >= 4 is 17.8 Å². The number of rotatable bonds is 7. The number of aliphatic carboxylic acids is 1. The molecule has 0 radical (unpaired) electrons. The number of hydrogen-bond donors (Lipinski definition) is 3. The van der Waals surface area contributed by atoms with Crippen molar-refractivity contribution in [1.82, 2.24) is 4.90 Å². The van der Waals surface area contributed by atoms with Gasteiger partial charge < -0.3 is 15.9 Å². The second-order valence-corrected chi connectivity index (χ2v) is 5.11. The quantitative estimate of drug-likeness (QED) is 0.604. The van der Waals surface area contributed by atoms with Crippen molar-refractivity contribution < 1.29 is 24.6 Å². The van der Waals surface area contributed by atoms with Crippen LogP contribution in [0.5, 0.6) is 0 Å². The Bertz CT molecular complexity index is 368. The fraction of sp³-hybridized carbons (Fsp3) is 0.769. The van der Waals surface area contributed by atoms with Crippen LogP contribution in [-0.2, 0) is 14.4 Å². The first-order chi connectivity index (χ1) is 9.13. The van der Waals surface area contributed by atoms with Crippen LogP contribution in [0.2, 0.25) is 0 Å². The van der Waals surface area contributed by atoms with Gasteiger partial charge >= 0.3 is 5.97 Å². The molecule has 0 aliphatic heterocycles. The summed E-state index contributed by atoms with van der Waals surface area (Å²) in [5.74, 6) is -3.14. The van der Waals surface area contributed by atoms with E-state index in [0.29, 0.717) is 11.3 Å². The van der Waals surface area contributed by atoms with E-state index in [2.05, 4.69) is 0 Å². The first-order valence-corrected chi connectivity index (χ1v) is 6.65. The molecule has 0 fully saturated rings. The summed E-state index contributed by atoms with van der Waals surface area (Å²) < 4.78 is 0. The summed E-state index contributed by atoms with van der Waals surface area (Å²) in [7, 11) is 0. The molecule has 4 N–H and O–H groups in total. The topological polar surface area (TPSA) is 121 Å². The SMILES string of the molecule is CCC(C)C(C(=O)O)N(C(=O)CC(C)O)C(=O)C(C)N. The first kappa shape index (κ1) is 18.5. The lowest BCUT2D eigenvalue weighted by Crippen LogP contribution is -2.56. The molecular formula is C13H24N2O5. The van der Waals surface area contributed by atoms with Crippen molar-refractivity contribution in [2.75, 3.05) is 0 Å². The van der Waals surface area contributed by atoms with E-state index >= 15 is 0 Å². The Labute approximate surface area is 118 Å². The molecule has 4 atom stereocenters. The Kier molecular flexibility index (Phi) is 7.38. The zero-order valence-electron chi connectivity index (χ0n) is 12.4. The number of aliphatic hydroxyl groups excluding tert-OH is 1. The molecule has 0 aromatic rings. The average molecular weight is 288 g/mol. The number of carbonyl (C=O) groups excluding carboxylic acids is 2. The number of aliphatic hydroxyl groups is 1. The van der Waals surface area contributed by atoms with E-state index in [1.165, 1.54) is 13.8 Å². The molecule has 7 heteroatoms. The van der Waals surface area contributed by atoms with Gasteiger partial charge in [-0.1, -0.05) is 20.3 Å². The molecule has 0 saturated heterocycles. The molecular weight excluding hydrogens is 264 g/mol. The van der Waals surface area contributed by atoms with Crippen molar-refractivity contribution in [3.05, 3.63) is 0 Å². The number of carboxylic acids is 1. The number of nitrogens with zero attached hydrogens (tertiary/aromatic N) is 1. The minimum Gasteiger partial charge on any atom is -0.480 e. The molecule has 0 rings (SSSR count). The lowest BCUT2D eigenvalue weighted by molar-refractivity contribution is -0.161. The van der Waals surface area contributed by atoms with Gasteiger partial charge in [0.2, 0.25) is 11.8 Å². The third-order valence-corrected chi connectivity index (χ3v) is 3.08. The standard InChI is InChI=1S/C13H24N2O5/c1-5-7(2)11(13(19)20)15(12(18)9(4)14)10(17)6-8(3)16/h7-9,11,16H,5-6,14H2,1-4H3,(H,19,20). The monoisotopic (exact) mass is 288 g/mol. The van der Waals surface area contributed by atoms with Gasteiger partial charge in [-0.25, -0.2) is 4.79 Å². The number of carbonyl (C=O) groups is 3. The van der Waals surface area contributed by atoms with Crippen molar-refractivity contribution in [1.29, 1.82) is 0 Å². The van der Waals surface area contributed by atoms with E-state index in [-0.39, 0.29) is 6.42 Å². The highest BCUT2D eigenvalue weighted by Gasteiger charge is 2.38. The summed E-state index contributed by atoms with van der Waals surface area (Å²) in [5, 5.41) is 18.6. The van der Waals surface area contributed by atoms with E-state index in [9.17, 15) is 24.6 Å². The van der Waals surface area contributed by atoms with Gasteiger partial charge in [-0.3, -0.25) is 14.5 Å². The number of amides is 2. The molecule has 116 valence electrons. The number of hydrogen-bond acceptors (Lipinski definition) is 5. The molecule has 4 unspecified atom stereocenters. The van der Waals surface area contributed by atoms with Gasteiger partial charge in [0, 0.05) is 0 Å². The Morgan fingerprint density at radius 2 is 1.70 bits per heavy atom. The van der Waals surface area contributed by atoms with Gasteiger partial charge in [0.1, 0.15) is 6.04 Å². The molecule has 20 heavy (non-hydrogen) atoms. The smallest absolute Gasteiger partial charge is 0.327 e. The highest BCUT2D eigenvalue weighted by atomic mass is 16.4. The van der Waals surface area contributed by atoms with Crippen LogP contribution >= 0.6 is 0 Å². The van der Waals surface area contributed by atoms with Crippen molar-refractivity contribution in [2.24, 2.45) is 11.7 Å². The van der Waals surface area contributed by atoms with E-state index < -0.39 is 41.9 Å². The third-order valence-electron chi connectivity index (χ3n) is 3.08. The highest BCUT2D eigenvalue weighted by molar-refractivity contribution is 6.01. The summed E-state index contributed by atoms with van der Waals surface area (Å²) in [5.41, 5.74) is 5.49. The summed E-state index contributed by atoms with van der Waals surface area (Å²) in [4.78, 5) is 36.3. The van der Waals surface area contributed by atoms with Crippen LogP contribution < -0.4 is 5.73 Å². The lowest BCUT2D eigenvalue weighted by Gasteiger charge is -2.32. The molecule has 0 aliphatic carbocycles. The van der Waals surface area contributed by atoms with E-state index in [0.717, 1.165) is 0 Å². The number of imide groups is 1. The Balaban J connectivity index is 5.52. The average Bonchev–Trinajstić information content (AvgIpc) is 2.32. The Morgan fingerprint density at radius 1 is 1.20 bits per heavy atom. The summed E-state index contributed by atoms with van der Waals surface area (Å²) >= 11 is 0. The van der Waals surface area contributed by atoms with Gasteiger partial charge in [-0.05, 0) is 19.8 Å². The van der Waals surface area contributed by atoms with Gasteiger partial charge in [0.25, 0.3) is 0 Å². The summed E-state index contributed by atoms with van der Waals surface area (Å²) in [6.07, 6.45) is -0.794. The molecule has 0 bridgehead atoms. The van der Waals surface area contributed by atoms with Crippen molar-refractivity contribution in [3.8, 4) is 0 Å². The zero-order chi connectivity index (χ0) is 16.0. The third kappa shape index (κ3) is 4.90. The van der Waals surface area contributed by atoms with E-state index in [4.69, 9.17) is 5.73 Å². The van der Waals surface area contributed by atoms with E-state index in [1.54, 1.807) is 13.8 Å². The molecule has 2 amide bonds. The molecule has 7 nitrogen and oxygen atoms in total. The van der Waals surface area contributed by atoms with Gasteiger partial charge in [-0.2, -0.15) is 0 Å². The van der Waals surface area contributed by atoms with Crippen LogP contribution in [-0.4, -0.2) is 51.1 Å². The fourth-order valence-corrected chi connectivity index (χ4v) is 1.82. The molecule has 0 heterocycles. The Hall–Kier alpha value is -1.47. The first-order valence-electron chi connectivity index (χ1n) is 6.65. The second kappa shape index (κ2) is 7.96. The second-order valence-electron chi connectivity index (χ2n) is 5.11. The van der Waals surface area contributed by atoms with Crippen LogP contribution in [0.15, 0.2) is 0 Å². The molecule has 0 saturated carbocycles. The number of carboxylic acid groups (broad SMARTS) is 1. The van der Waals surface area contributed by atoms with E-state index in [1.807, 2.05) is 0 Å². The van der Waals surface area contributed by atoms with Crippen LogP contribution in [0.1, 0.15) is 40.5 Å². The largest absolute Gasteiger partial charge is 0.480 e. The molecule has 0 aromatic carbocycles. The maximum Gasteiger partial charge on any atom is 0.327 e. The maximum absolute atomic E-state index is 12.1. The Morgan fingerprint density at radius 3 is 2.00 bits per heavy atom.